The third kappa shape index (κ3) is 3.47. The zero-order valence-electron chi connectivity index (χ0n) is 14.3. The summed E-state index contributed by atoms with van der Waals surface area (Å²) in [6, 6.07) is 26.6. The molecule has 0 amide bonds. The molecule has 3 heteroatoms. The van der Waals surface area contributed by atoms with Crippen LogP contribution in [0.15, 0.2) is 78.9 Å². The first-order valence-electron chi connectivity index (χ1n) is 8.83. The summed E-state index contributed by atoms with van der Waals surface area (Å²) in [7, 11) is 0. The minimum atomic E-state index is -0.719. The predicted molar refractivity (Wildman–Crippen MR) is 102 cm³/mol. The number of hydrogen-bond acceptors (Lipinski definition) is 2. The number of benzene rings is 3. The van der Waals surface area contributed by atoms with Crippen molar-refractivity contribution in [1.29, 1.82) is 0 Å². The van der Waals surface area contributed by atoms with Gasteiger partial charge in [0, 0.05) is 5.92 Å². The summed E-state index contributed by atoms with van der Waals surface area (Å²) < 4.78 is 5.90. The van der Waals surface area contributed by atoms with Crippen molar-refractivity contribution in [3.8, 4) is 28.0 Å². The molecule has 130 valence electrons. The van der Waals surface area contributed by atoms with E-state index in [9.17, 15) is 4.79 Å². The van der Waals surface area contributed by atoms with Crippen molar-refractivity contribution in [2.45, 2.75) is 6.42 Å². The maximum atomic E-state index is 11.0. The minimum absolute atomic E-state index is 0.126. The Morgan fingerprint density at radius 1 is 0.885 bits per heavy atom. The Kier molecular flexibility index (Phi) is 4.44. The molecule has 1 aliphatic carbocycles. The van der Waals surface area contributed by atoms with Crippen molar-refractivity contribution in [2.24, 2.45) is 11.8 Å². The average Bonchev–Trinajstić information content (AvgIpc) is 3.48. The number of aliphatic carboxylic acids is 1. The van der Waals surface area contributed by atoms with Gasteiger partial charge in [-0.2, -0.15) is 0 Å². The molecule has 1 saturated carbocycles. The van der Waals surface area contributed by atoms with Crippen LogP contribution in [0, 0.1) is 11.8 Å². The highest BCUT2D eigenvalue weighted by Crippen LogP contribution is 2.40. The Hall–Kier alpha value is -3.07. The molecular formula is C23H20O3. The van der Waals surface area contributed by atoms with Crippen molar-refractivity contribution in [3.63, 3.8) is 0 Å². The predicted octanol–water partition coefficient (Wildman–Crippen LogP) is 5.12. The number of carboxylic acids is 1. The highest BCUT2D eigenvalue weighted by atomic mass is 16.5. The largest absolute Gasteiger partial charge is 0.493 e. The zero-order valence-corrected chi connectivity index (χ0v) is 14.3. The van der Waals surface area contributed by atoms with Crippen LogP contribution < -0.4 is 4.74 Å². The molecule has 1 N–H and O–H groups in total. The fourth-order valence-corrected chi connectivity index (χ4v) is 3.28. The second-order valence-corrected chi connectivity index (χ2v) is 6.69. The SMILES string of the molecule is O=C(O)[C@@H]1C[C@H]1COc1ccc(-c2ccccc2)c(-c2ccccc2)c1. The smallest absolute Gasteiger partial charge is 0.306 e. The third-order valence-corrected chi connectivity index (χ3v) is 4.86. The van der Waals surface area contributed by atoms with E-state index in [1.807, 2.05) is 42.5 Å². The molecule has 0 aromatic heterocycles. The van der Waals surface area contributed by atoms with Crippen molar-refractivity contribution >= 4 is 5.97 Å². The van der Waals surface area contributed by atoms with Crippen molar-refractivity contribution < 1.29 is 14.6 Å². The molecule has 0 saturated heterocycles. The van der Waals surface area contributed by atoms with Crippen LogP contribution >= 0.6 is 0 Å². The molecule has 3 aromatic carbocycles. The van der Waals surface area contributed by atoms with Crippen LogP contribution in [0.5, 0.6) is 5.75 Å². The first-order valence-corrected chi connectivity index (χ1v) is 8.83. The Bertz CT molecular complexity index is 903. The van der Waals surface area contributed by atoms with Gasteiger partial charge in [-0.3, -0.25) is 4.79 Å². The van der Waals surface area contributed by atoms with Crippen molar-refractivity contribution in [2.75, 3.05) is 6.61 Å². The lowest BCUT2D eigenvalue weighted by molar-refractivity contribution is -0.138. The molecule has 4 rings (SSSR count). The van der Waals surface area contributed by atoms with E-state index in [2.05, 4.69) is 36.4 Å². The molecular weight excluding hydrogens is 324 g/mol. The Morgan fingerprint density at radius 3 is 2.08 bits per heavy atom. The number of carbonyl (C=O) groups is 1. The van der Waals surface area contributed by atoms with E-state index in [0.29, 0.717) is 13.0 Å². The summed E-state index contributed by atoms with van der Waals surface area (Å²) in [5, 5.41) is 9.02. The summed E-state index contributed by atoms with van der Waals surface area (Å²) in [5.41, 5.74) is 4.55. The Morgan fingerprint density at radius 2 is 1.50 bits per heavy atom. The molecule has 0 radical (unpaired) electrons. The Balaban J connectivity index is 1.63. The van der Waals surface area contributed by atoms with Gasteiger partial charge >= 0.3 is 5.97 Å². The first-order chi connectivity index (χ1) is 12.7. The summed E-state index contributed by atoms with van der Waals surface area (Å²) in [4.78, 5) is 11.0. The molecule has 0 aliphatic heterocycles. The van der Waals surface area contributed by atoms with Crippen LogP contribution in [0.25, 0.3) is 22.3 Å². The highest BCUT2D eigenvalue weighted by molar-refractivity contribution is 5.84. The summed E-state index contributed by atoms with van der Waals surface area (Å²) in [6.45, 7) is 0.454. The molecule has 26 heavy (non-hydrogen) atoms. The topological polar surface area (TPSA) is 46.5 Å². The van der Waals surface area contributed by atoms with Gasteiger partial charge in [0.25, 0.3) is 0 Å². The average molecular weight is 344 g/mol. The molecule has 1 fully saturated rings. The van der Waals surface area contributed by atoms with Gasteiger partial charge in [-0.05, 0) is 40.8 Å². The zero-order chi connectivity index (χ0) is 17.9. The number of hydrogen-bond donors (Lipinski definition) is 1. The summed E-state index contributed by atoms with van der Waals surface area (Å²) in [6.07, 6.45) is 0.711. The van der Waals surface area contributed by atoms with Gasteiger partial charge in [-0.25, -0.2) is 0 Å². The molecule has 0 heterocycles. The maximum Gasteiger partial charge on any atom is 0.306 e. The highest BCUT2D eigenvalue weighted by Gasteiger charge is 2.43. The molecule has 0 spiro atoms. The van der Waals surface area contributed by atoms with Crippen molar-refractivity contribution in [1.82, 2.24) is 0 Å². The fourth-order valence-electron chi connectivity index (χ4n) is 3.28. The number of carboxylic acid groups (broad SMARTS) is 1. The van der Waals surface area contributed by atoms with Gasteiger partial charge in [0.2, 0.25) is 0 Å². The molecule has 0 bridgehead atoms. The maximum absolute atomic E-state index is 11.0. The van der Waals surface area contributed by atoms with Crippen LogP contribution in [0.3, 0.4) is 0 Å². The molecule has 3 nitrogen and oxygen atoms in total. The van der Waals surface area contributed by atoms with Gasteiger partial charge in [0.1, 0.15) is 5.75 Å². The van der Waals surface area contributed by atoms with E-state index in [-0.39, 0.29) is 11.8 Å². The normalized spacial score (nSPS) is 18.3. The van der Waals surface area contributed by atoms with Crippen LogP contribution in [0.2, 0.25) is 0 Å². The molecule has 0 unspecified atom stereocenters. The van der Waals surface area contributed by atoms with E-state index >= 15 is 0 Å². The van der Waals surface area contributed by atoms with E-state index in [1.54, 1.807) is 0 Å². The van der Waals surface area contributed by atoms with Crippen LogP contribution in [0.1, 0.15) is 6.42 Å². The van der Waals surface area contributed by atoms with Crippen LogP contribution in [0.4, 0.5) is 0 Å². The summed E-state index contributed by atoms with van der Waals surface area (Å²) >= 11 is 0. The second-order valence-electron chi connectivity index (χ2n) is 6.69. The van der Waals surface area contributed by atoms with Gasteiger partial charge in [0.05, 0.1) is 12.5 Å². The van der Waals surface area contributed by atoms with Gasteiger partial charge in [-0.15, -0.1) is 0 Å². The van der Waals surface area contributed by atoms with E-state index in [0.717, 1.165) is 28.0 Å². The van der Waals surface area contributed by atoms with E-state index < -0.39 is 5.97 Å². The van der Waals surface area contributed by atoms with Crippen LogP contribution in [-0.2, 0) is 4.79 Å². The van der Waals surface area contributed by atoms with Gasteiger partial charge in [-0.1, -0.05) is 66.7 Å². The number of ether oxygens (including phenoxy) is 1. The minimum Gasteiger partial charge on any atom is -0.493 e. The fraction of sp³-hybridized carbons (Fsp3) is 0.174. The lowest BCUT2D eigenvalue weighted by Gasteiger charge is -2.13. The monoisotopic (exact) mass is 344 g/mol. The van der Waals surface area contributed by atoms with Gasteiger partial charge < -0.3 is 9.84 Å². The van der Waals surface area contributed by atoms with Gasteiger partial charge in [0.15, 0.2) is 0 Å². The van der Waals surface area contributed by atoms with E-state index in [4.69, 9.17) is 9.84 Å². The lowest BCUT2D eigenvalue weighted by Crippen LogP contribution is -2.06. The van der Waals surface area contributed by atoms with E-state index in [1.165, 1.54) is 0 Å². The molecule has 1 aliphatic rings. The second kappa shape index (κ2) is 7.04. The molecule has 3 aromatic rings. The lowest BCUT2D eigenvalue weighted by atomic mass is 9.94. The summed E-state index contributed by atoms with van der Waals surface area (Å²) in [5.74, 6) is -0.0590. The number of rotatable bonds is 6. The third-order valence-electron chi connectivity index (χ3n) is 4.86. The quantitative estimate of drug-likeness (QED) is 0.675. The van der Waals surface area contributed by atoms with Crippen molar-refractivity contribution in [3.05, 3.63) is 78.9 Å². The Labute approximate surface area is 152 Å². The molecule has 2 atom stereocenters. The first kappa shape index (κ1) is 16.4. The van der Waals surface area contributed by atoms with Crippen LogP contribution in [-0.4, -0.2) is 17.7 Å². The standard InChI is InChI=1S/C23H20O3/c24-23(25)22-13-18(22)15-26-19-11-12-20(16-7-3-1-4-8-16)21(14-19)17-9-5-2-6-10-17/h1-12,14,18,22H,13,15H2,(H,24,25)/t18-,22+/m0/s1.